The maximum atomic E-state index is 12.7. The quantitative estimate of drug-likeness (QED) is 0.209. The highest BCUT2D eigenvalue weighted by Crippen LogP contribution is 2.26. The molecule has 6 heteroatoms. The minimum atomic E-state index is -0.896. The first-order chi connectivity index (χ1) is 17.0. The summed E-state index contributed by atoms with van der Waals surface area (Å²) in [6, 6.07) is 6.96. The molecule has 0 aliphatic rings. The molecule has 0 aliphatic carbocycles. The molecule has 6 nitrogen and oxygen atoms in total. The zero-order valence-corrected chi connectivity index (χ0v) is 23.9. The predicted octanol–water partition coefficient (Wildman–Crippen LogP) is 6.42. The van der Waals surface area contributed by atoms with Crippen molar-refractivity contribution in [1.82, 2.24) is 0 Å². The van der Waals surface area contributed by atoms with Gasteiger partial charge in [0.05, 0.1) is 0 Å². The maximum absolute atomic E-state index is 12.7. The molecule has 0 amide bonds. The van der Waals surface area contributed by atoms with E-state index in [0.29, 0.717) is 30.4 Å². The molecule has 0 bridgehead atoms. The van der Waals surface area contributed by atoms with Gasteiger partial charge >= 0.3 is 11.9 Å². The molecule has 2 rings (SSSR count). The van der Waals surface area contributed by atoms with Gasteiger partial charge in [-0.25, -0.2) is 9.59 Å². The molecule has 0 saturated heterocycles. The van der Waals surface area contributed by atoms with E-state index < -0.39 is 34.7 Å². The van der Waals surface area contributed by atoms with E-state index in [1.54, 1.807) is 39.8 Å². The van der Waals surface area contributed by atoms with Crippen LogP contribution in [0.15, 0.2) is 24.3 Å². The Hall–Kier alpha value is -3.28. The van der Waals surface area contributed by atoms with Gasteiger partial charge in [-0.05, 0) is 122 Å². The molecule has 200 valence electrons. The molecule has 2 aromatic rings. The molecule has 0 aromatic heterocycles. The zero-order valence-electron chi connectivity index (χ0n) is 23.9. The van der Waals surface area contributed by atoms with E-state index in [-0.39, 0.29) is 0 Å². The van der Waals surface area contributed by atoms with Gasteiger partial charge in [0.15, 0.2) is 0 Å². The molecule has 0 unspecified atom stereocenters. The highest BCUT2D eigenvalue weighted by Gasteiger charge is 2.32. The van der Waals surface area contributed by atoms with Crippen LogP contribution in [0.5, 0.6) is 0 Å². The molecule has 0 N–H and O–H groups in total. The SMILES string of the molecule is Cc1ccc(C(=O)C(=O)OC(C)(C)CCCC(C)(C)OC(=O)C(=O)c2ccc(C)c(C)c2C)c(C)c1C. The first-order valence-corrected chi connectivity index (χ1v) is 12.7. The van der Waals surface area contributed by atoms with E-state index in [9.17, 15) is 19.2 Å². The van der Waals surface area contributed by atoms with Gasteiger partial charge in [0.1, 0.15) is 11.2 Å². The van der Waals surface area contributed by atoms with Gasteiger partial charge in [-0.15, -0.1) is 0 Å². The molecule has 2 aromatic carbocycles. The number of benzene rings is 2. The Morgan fingerprint density at radius 2 is 0.892 bits per heavy atom. The van der Waals surface area contributed by atoms with Crippen LogP contribution >= 0.6 is 0 Å². The summed E-state index contributed by atoms with van der Waals surface area (Å²) in [5, 5.41) is 0. The summed E-state index contributed by atoms with van der Waals surface area (Å²) in [7, 11) is 0. The fourth-order valence-electron chi connectivity index (χ4n) is 4.26. The van der Waals surface area contributed by atoms with E-state index in [2.05, 4.69) is 0 Å². The number of carbonyl (C=O) groups is 4. The van der Waals surface area contributed by atoms with Gasteiger partial charge in [0, 0.05) is 11.1 Å². The van der Waals surface area contributed by atoms with E-state index >= 15 is 0 Å². The Morgan fingerprint density at radius 1 is 0.568 bits per heavy atom. The minimum Gasteiger partial charge on any atom is -0.454 e. The van der Waals surface area contributed by atoms with Crippen molar-refractivity contribution in [1.29, 1.82) is 0 Å². The summed E-state index contributed by atoms with van der Waals surface area (Å²) in [6.07, 6.45) is 1.44. The van der Waals surface area contributed by atoms with Gasteiger partial charge in [-0.3, -0.25) is 9.59 Å². The lowest BCUT2D eigenvalue weighted by Crippen LogP contribution is -2.34. The molecule has 0 atom stereocenters. The van der Waals surface area contributed by atoms with Gasteiger partial charge in [0.2, 0.25) is 0 Å². The standard InChI is InChI=1S/C31H40O6/c1-18-12-14-24(22(5)20(18)3)26(32)28(34)36-30(7,8)16-11-17-31(9,10)37-29(35)27(33)25-15-13-19(2)21(4)23(25)6/h12-15H,11,16-17H2,1-10H3. The maximum Gasteiger partial charge on any atom is 0.380 e. The number of hydrogen-bond acceptors (Lipinski definition) is 6. The van der Waals surface area contributed by atoms with Crippen molar-refractivity contribution in [3.05, 3.63) is 68.8 Å². The number of hydrogen-bond donors (Lipinski definition) is 0. The summed E-state index contributed by atoms with van der Waals surface area (Å²) < 4.78 is 11.1. The Morgan fingerprint density at radius 3 is 1.22 bits per heavy atom. The lowest BCUT2D eigenvalue weighted by atomic mass is 9.94. The highest BCUT2D eigenvalue weighted by molar-refractivity contribution is 6.41. The van der Waals surface area contributed by atoms with E-state index in [4.69, 9.17) is 9.47 Å². The van der Waals surface area contributed by atoms with Crippen LogP contribution in [0, 0.1) is 41.5 Å². The fourth-order valence-corrected chi connectivity index (χ4v) is 4.26. The second kappa shape index (κ2) is 11.4. The van der Waals surface area contributed by atoms with Gasteiger partial charge < -0.3 is 9.47 Å². The van der Waals surface area contributed by atoms with Crippen molar-refractivity contribution in [2.24, 2.45) is 0 Å². The molecule has 37 heavy (non-hydrogen) atoms. The third-order valence-corrected chi connectivity index (χ3v) is 7.27. The third-order valence-electron chi connectivity index (χ3n) is 7.27. The average Bonchev–Trinajstić information content (AvgIpc) is 2.79. The van der Waals surface area contributed by atoms with Crippen LogP contribution in [0.1, 0.15) is 101 Å². The van der Waals surface area contributed by atoms with Crippen molar-refractivity contribution in [2.45, 2.75) is 99.7 Å². The van der Waals surface area contributed by atoms with E-state index in [1.165, 1.54) is 0 Å². The summed E-state index contributed by atoms with van der Waals surface area (Å²) in [5.41, 5.74) is 4.50. The summed E-state index contributed by atoms with van der Waals surface area (Å²) in [5.74, 6) is -3.11. The Labute approximate surface area is 220 Å². The zero-order chi connectivity index (χ0) is 28.3. The molecule has 0 fully saturated rings. The fraction of sp³-hybridized carbons (Fsp3) is 0.484. The Balaban J connectivity index is 1.95. The summed E-state index contributed by atoms with van der Waals surface area (Å²) in [4.78, 5) is 50.7. The Kier molecular flexibility index (Phi) is 9.23. The van der Waals surface area contributed by atoms with Crippen LogP contribution < -0.4 is 0 Å². The monoisotopic (exact) mass is 508 g/mol. The average molecular weight is 509 g/mol. The number of rotatable bonds is 10. The smallest absolute Gasteiger partial charge is 0.380 e. The van der Waals surface area contributed by atoms with Crippen LogP contribution in [0.4, 0.5) is 0 Å². The third kappa shape index (κ3) is 7.37. The first kappa shape index (κ1) is 29.9. The predicted molar refractivity (Wildman–Crippen MR) is 144 cm³/mol. The van der Waals surface area contributed by atoms with Crippen molar-refractivity contribution in [3.8, 4) is 0 Å². The van der Waals surface area contributed by atoms with Gasteiger partial charge in [0.25, 0.3) is 11.6 Å². The topological polar surface area (TPSA) is 86.7 Å². The lowest BCUT2D eigenvalue weighted by molar-refractivity contribution is -0.152. The number of ether oxygens (including phenoxy) is 2. The molecular weight excluding hydrogens is 468 g/mol. The molecule has 0 aliphatic heterocycles. The van der Waals surface area contributed by atoms with Crippen molar-refractivity contribution in [2.75, 3.05) is 0 Å². The molecule has 0 heterocycles. The van der Waals surface area contributed by atoms with Crippen LogP contribution in [-0.2, 0) is 19.1 Å². The second-order valence-corrected chi connectivity index (χ2v) is 11.2. The number of Topliss-reactive ketones (excluding diaryl/α,β-unsaturated/α-hetero) is 2. The number of aryl methyl sites for hydroxylation is 2. The van der Waals surface area contributed by atoms with Crippen LogP contribution in [0.2, 0.25) is 0 Å². The molecule has 0 spiro atoms. The lowest BCUT2D eigenvalue weighted by Gasteiger charge is -2.28. The summed E-state index contributed by atoms with van der Waals surface area (Å²) >= 11 is 0. The van der Waals surface area contributed by atoms with Crippen LogP contribution in [0.25, 0.3) is 0 Å². The Bertz CT molecular complexity index is 1140. The number of ketones is 2. The van der Waals surface area contributed by atoms with E-state index in [0.717, 1.165) is 33.4 Å². The van der Waals surface area contributed by atoms with Crippen molar-refractivity contribution in [3.63, 3.8) is 0 Å². The highest BCUT2D eigenvalue weighted by atomic mass is 16.6. The summed E-state index contributed by atoms with van der Waals surface area (Å²) in [6.45, 7) is 18.4. The number of carbonyl (C=O) groups excluding carboxylic acids is 4. The van der Waals surface area contributed by atoms with Crippen molar-refractivity contribution < 1.29 is 28.7 Å². The van der Waals surface area contributed by atoms with Crippen LogP contribution in [0.3, 0.4) is 0 Å². The van der Waals surface area contributed by atoms with Gasteiger partial charge in [-0.2, -0.15) is 0 Å². The molecule has 0 radical (unpaired) electrons. The largest absolute Gasteiger partial charge is 0.454 e. The van der Waals surface area contributed by atoms with Crippen molar-refractivity contribution >= 4 is 23.5 Å². The van der Waals surface area contributed by atoms with Crippen LogP contribution in [-0.4, -0.2) is 34.7 Å². The number of esters is 2. The van der Waals surface area contributed by atoms with E-state index in [1.807, 2.05) is 53.7 Å². The normalized spacial score (nSPS) is 11.7. The molecule has 0 saturated carbocycles. The minimum absolute atomic E-state index is 0.348. The first-order valence-electron chi connectivity index (χ1n) is 12.7. The molecular formula is C31H40O6. The second-order valence-electron chi connectivity index (χ2n) is 11.2. The van der Waals surface area contributed by atoms with Gasteiger partial charge in [-0.1, -0.05) is 24.3 Å².